The van der Waals surface area contributed by atoms with Crippen LogP contribution in [0, 0.1) is 8.98 Å². The number of halogens is 1. The molecule has 0 amide bonds. The summed E-state index contributed by atoms with van der Waals surface area (Å²) in [6.45, 7) is 0. The summed E-state index contributed by atoms with van der Waals surface area (Å²) in [7, 11) is 0. The van der Waals surface area contributed by atoms with Crippen LogP contribution >= 0.6 is 22.6 Å². The molecule has 54 valence electrons. The highest BCUT2D eigenvalue weighted by Gasteiger charge is 1.94. The quantitative estimate of drug-likeness (QED) is 0.446. The third kappa shape index (κ3) is 1.47. The smallest absolute Gasteiger partial charge is 0.0403 e. The van der Waals surface area contributed by atoms with E-state index in [1.165, 1.54) is 6.21 Å². The van der Waals surface area contributed by atoms with Gasteiger partial charge in [0.2, 0.25) is 0 Å². The Bertz CT molecular complexity index is 263. The topological polar surface area (TPSA) is 49.9 Å². The van der Waals surface area contributed by atoms with E-state index in [1.54, 1.807) is 0 Å². The van der Waals surface area contributed by atoms with Crippen LogP contribution in [0.25, 0.3) is 0 Å². The summed E-state index contributed by atoms with van der Waals surface area (Å²) in [6.07, 6.45) is 1.26. The molecule has 0 aliphatic heterocycles. The number of benzene rings is 1. The lowest BCUT2D eigenvalue weighted by molar-refractivity contribution is 1.52. The van der Waals surface area contributed by atoms with E-state index in [0.717, 1.165) is 9.13 Å². The number of anilines is 1. The maximum Gasteiger partial charge on any atom is 0.0403 e. The van der Waals surface area contributed by atoms with E-state index in [0.29, 0.717) is 5.69 Å². The second-order valence-electron chi connectivity index (χ2n) is 1.92. The lowest BCUT2D eigenvalue weighted by Crippen LogP contribution is -1.92. The minimum Gasteiger partial charge on any atom is -0.398 e. The summed E-state index contributed by atoms with van der Waals surface area (Å²) >= 11 is 2.19. The average Bonchev–Trinajstić information content (AvgIpc) is 1.94. The van der Waals surface area contributed by atoms with Crippen LogP contribution in [0.15, 0.2) is 18.2 Å². The van der Waals surface area contributed by atoms with Crippen molar-refractivity contribution in [3.8, 4) is 0 Å². The molecule has 0 fully saturated rings. The molecule has 0 aromatic heterocycles. The van der Waals surface area contributed by atoms with Gasteiger partial charge in [0.1, 0.15) is 0 Å². The molecule has 3 heteroatoms. The molecule has 3 N–H and O–H groups in total. The van der Waals surface area contributed by atoms with Gasteiger partial charge >= 0.3 is 0 Å². The van der Waals surface area contributed by atoms with Crippen LogP contribution in [0.4, 0.5) is 5.69 Å². The van der Waals surface area contributed by atoms with Crippen molar-refractivity contribution in [3.63, 3.8) is 0 Å². The lowest BCUT2D eigenvalue weighted by atomic mass is 10.2. The van der Waals surface area contributed by atoms with E-state index in [2.05, 4.69) is 22.6 Å². The zero-order valence-corrected chi connectivity index (χ0v) is 7.42. The number of nitrogens with one attached hydrogen (secondary N) is 1. The highest BCUT2D eigenvalue weighted by atomic mass is 127. The molecule has 1 aromatic rings. The fourth-order valence-electron chi connectivity index (χ4n) is 0.671. The highest BCUT2D eigenvalue weighted by molar-refractivity contribution is 14.1. The Balaban J connectivity index is 0.000001000. The van der Waals surface area contributed by atoms with Gasteiger partial charge < -0.3 is 11.1 Å². The summed E-state index contributed by atoms with van der Waals surface area (Å²) in [5, 5.41) is 6.97. The molecule has 0 saturated heterocycles. The third-order valence-electron chi connectivity index (χ3n) is 1.20. The Labute approximate surface area is 74.6 Å². The minimum atomic E-state index is 0. The van der Waals surface area contributed by atoms with E-state index in [-0.39, 0.29) is 1.43 Å². The molecule has 0 atom stereocenters. The van der Waals surface area contributed by atoms with Crippen LogP contribution in [-0.4, -0.2) is 6.21 Å². The Morgan fingerprint density at radius 2 is 2.30 bits per heavy atom. The molecule has 0 saturated carbocycles. The van der Waals surface area contributed by atoms with Gasteiger partial charge in [0, 0.05) is 22.5 Å². The number of rotatable bonds is 1. The summed E-state index contributed by atoms with van der Waals surface area (Å²) in [5.74, 6) is 0. The maximum atomic E-state index is 6.97. The number of hydrogen-bond acceptors (Lipinski definition) is 2. The first-order valence-electron chi connectivity index (χ1n) is 2.79. The van der Waals surface area contributed by atoms with Crippen molar-refractivity contribution in [2.45, 2.75) is 0 Å². The molecule has 1 rings (SSSR count). The van der Waals surface area contributed by atoms with Crippen molar-refractivity contribution in [3.05, 3.63) is 27.3 Å². The van der Waals surface area contributed by atoms with E-state index in [9.17, 15) is 0 Å². The molecular weight excluding hydrogens is 239 g/mol. The van der Waals surface area contributed by atoms with Gasteiger partial charge in [-0.15, -0.1) is 0 Å². The van der Waals surface area contributed by atoms with Gasteiger partial charge in [-0.1, -0.05) is 0 Å². The van der Waals surface area contributed by atoms with Crippen LogP contribution in [-0.2, 0) is 0 Å². The zero-order valence-electron chi connectivity index (χ0n) is 5.26. The molecule has 10 heavy (non-hydrogen) atoms. The summed E-state index contributed by atoms with van der Waals surface area (Å²) in [4.78, 5) is 0. The monoisotopic (exact) mass is 248 g/mol. The van der Waals surface area contributed by atoms with E-state index < -0.39 is 0 Å². The number of nitrogens with two attached hydrogens (primary N) is 1. The maximum absolute atomic E-state index is 6.97. The highest BCUT2D eigenvalue weighted by Crippen LogP contribution is 2.12. The largest absolute Gasteiger partial charge is 0.398 e. The first kappa shape index (κ1) is 7.53. The third-order valence-corrected chi connectivity index (χ3v) is 1.88. The van der Waals surface area contributed by atoms with Crippen molar-refractivity contribution >= 4 is 34.5 Å². The Morgan fingerprint density at radius 3 is 2.80 bits per heavy atom. The SMILES string of the molecule is N=Cc1cc(I)ccc1N.[HH]. The molecule has 0 radical (unpaired) electrons. The zero-order chi connectivity index (χ0) is 7.56. The standard InChI is InChI=1S/C7H7IN2.H2/c8-6-1-2-7(10)5(3-6)4-9;/h1-4,9H,10H2;1H. The van der Waals surface area contributed by atoms with E-state index in [1.807, 2.05) is 18.2 Å². The number of nitrogen functional groups attached to an aromatic ring is 1. The first-order valence-corrected chi connectivity index (χ1v) is 3.87. The molecule has 0 aliphatic carbocycles. The van der Waals surface area contributed by atoms with Gasteiger partial charge in [-0.3, -0.25) is 0 Å². The van der Waals surface area contributed by atoms with Crippen molar-refractivity contribution in [1.29, 1.82) is 5.41 Å². The van der Waals surface area contributed by atoms with Crippen LogP contribution in [0.2, 0.25) is 0 Å². The Kier molecular flexibility index (Phi) is 2.26. The second kappa shape index (κ2) is 3.01. The average molecular weight is 248 g/mol. The molecule has 0 heterocycles. The van der Waals surface area contributed by atoms with Crippen LogP contribution < -0.4 is 5.73 Å². The van der Waals surface area contributed by atoms with Gasteiger partial charge in [0.15, 0.2) is 0 Å². The van der Waals surface area contributed by atoms with Crippen molar-refractivity contribution in [2.75, 3.05) is 5.73 Å². The van der Waals surface area contributed by atoms with E-state index >= 15 is 0 Å². The fourth-order valence-corrected chi connectivity index (χ4v) is 1.19. The van der Waals surface area contributed by atoms with Crippen LogP contribution in [0.3, 0.4) is 0 Å². The normalized spacial score (nSPS) is 9.30. The summed E-state index contributed by atoms with van der Waals surface area (Å²) < 4.78 is 1.10. The molecule has 0 bridgehead atoms. The lowest BCUT2D eigenvalue weighted by Gasteiger charge is -1.97. The molecule has 0 unspecified atom stereocenters. The van der Waals surface area contributed by atoms with Crippen molar-refractivity contribution in [1.82, 2.24) is 0 Å². The molecule has 0 spiro atoms. The summed E-state index contributed by atoms with van der Waals surface area (Å²) in [5.41, 5.74) is 6.99. The summed E-state index contributed by atoms with van der Waals surface area (Å²) in [6, 6.07) is 5.61. The van der Waals surface area contributed by atoms with Crippen LogP contribution in [0.1, 0.15) is 6.99 Å². The minimum absolute atomic E-state index is 0. The molecular formula is C7H9IN2. The number of hydrogen-bond donors (Lipinski definition) is 2. The Morgan fingerprint density at radius 1 is 1.60 bits per heavy atom. The molecule has 2 nitrogen and oxygen atoms in total. The van der Waals surface area contributed by atoms with Crippen molar-refractivity contribution < 1.29 is 1.43 Å². The van der Waals surface area contributed by atoms with Gasteiger partial charge in [-0.25, -0.2) is 0 Å². The van der Waals surface area contributed by atoms with Gasteiger partial charge in [-0.2, -0.15) is 0 Å². The van der Waals surface area contributed by atoms with Gasteiger partial charge in [-0.05, 0) is 40.8 Å². The van der Waals surface area contributed by atoms with Crippen molar-refractivity contribution in [2.24, 2.45) is 0 Å². The second-order valence-corrected chi connectivity index (χ2v) is 3.16. The molecule has 0 aliphatic rings. The predicted octanol–water partition coefficient (Wildman–Crippen LogP) is 2.12. The Hall–Kier alpha value is -0.580. The predicted molar refractivity (Wildman–Crippen MR) is 53.6 cm³/mol. The van der Waals surface area contributed by atoms with E-state index in [4.69, 9.17) is 11.1 Å². The van der Waals surface area contributed by atoms with Gasteiger partial charge in [0.05, 0.1) is 0 Å². The first-order chi connectivity index (χ1) is 4.74. The van der Waals surface area contributed by atoms with Crippen LogP contribution in [0.5, 0.6) is 0 Å². The fraction of sp³-hybridized carbons (Fsp3) is 0. The molecule has 1 aromatic carbocycles. The van der Waals surface area contributed by atoms with Gasteiger partial charge in [0.25, 0.3) is 0 Å².